The number of nitrogens with two attached hydrogens (primary N) is 2. The summed E-state index contributed by atoms with van der Waals surface area (Å²) in [5.74, 6) is -0.120. The highest BCUT2D eigenvalue weighted by Gasteiger charge is 2.11. The molecule has 0 unspecified atom stereocenters. The molecular weight excluding hydrogens is 204 g/mol. The lowest BCUT2D eigenvalue weighted by Crippen LogP contribution is -2.16. The van der Waals surface area contributed by atoms with Gasteiger partial charge in [0.2, 0.25) is 11.8 Å². The summed E-state index contributed by atoms with van der Waals surface area (Å²) in [7, 11) is 0. The Balaban J connectivity index is 3.84. The van der Waals surface area contributed by atoms with Crippen LogP contribution in [0.4, 0.5) is 0 Å². The molecule has 0 aromatic rings. The molecule has 4 N–H and O–H groups in total. The fourth-order valence-electron chi connectivity index (χ4n) is 1.81. The predicted octanol–water partition coefficient (Wildman–Crippen LogP) is 1.71. The smallest absolute Gasteiger partial charge is 0.217 e. The van der Waals surface area contributed by atoms with E-state index < -0.39 is 0 Å². The number of primary amides is 2. The van der Waals surface area contributed by atoms with Crippen LogP contribution < -0.4 is 11.5 Å². The molecule has 0 saturated heterocycles. The lowest BCUT2D eigenvalue weighted by Gasteiger charge is -2.14. The van der Waals surface area contributed by atoms with Crippen molar-refractivity contribution >= 4 is 11.8 Å². The molecule has 4 heteroatoms. The third kappa shape index (κ3) is 9.49. The standard InChI is InChI=1S/C12H24N2O2/c1-2-3-4-5-10(6-8-11(13)15)7-9-12(14)16/h10H,2-9H2,1H3,(H2,13,15)(H2,14,16). The van der Waals surface area contributed by atoms with Crippen molar-refractivity contribution < 1.29 is 9.59 Å². The molecule has 0 aromatic heterocycles. The molecule has 0 radical (unpaired) electrons. The van der Waals surface area contributed by atoms with Gasteiger partial charge in [0.1, 0.15) is 0 Å². The van der Waals surface area contributed by atoms with E-state index >= 15 is 0 Å². The van der Waals surface area contributed by atoms with E-state index in [2.05, 4.69) is 6.92 Å². The zero-order chi connectivity index (χ0) is 12.4. The summed E-state index contributed by atoms with van der Waals surface area (Å²) in [4.78, 5) is 21.4. The van der Waals surface area contributed by atoms with Gasteiger partial charge >= 0.3 is 0 Å². The Morgan fingerprint density at radius 1 is 0.938 bits per heavy atom. The molecule has 0 aromatic carbocycles. The van der Waals surface area contributed by atoms with E-state index in [9.17, 15) is 9.59 Å². The van der Waals surface area contributed by atoms with Crippen LogP contribution in [0.25, 0.3) is 0 Å². The third-order valence-corrected chi connectivity index (χ3v) is 2.81. The van der Waals surface area contributed by atoms with Gasteiger partial charge in [-0.3, -0.25) is 9.59 Å². The number of hydrogen-bond donors (Lipinski definition) is 2. The highest BCUT2D eigenvalue weighted by atomic mass is 16.1. The van der Waals surface area contributed by atoms with Crippen LogP contribution in [0, 0.1) is 5.92 Å². The van der Waals surface area contributed by atoms with Crippen LogP contribution in [-0.4, -0.2) is 11.8 Å². The second-order valence-corrected chi connectivity index (χ2v) is 4.37. The van der Waals surface area contributed by atoms with Crippen molar-refractivity contribution in [2.24, 2.45) is 17.4 Å². The van der Waals surface area contributed by atoms with Crippen molar-refractivity contribution in [1.29, 1.82) is 0 Å². The Hall–Kier alpha value is -1.06. The van der Waals surface area contributed by atoms with Crippen LogP contribution in [0.5, 0.6) is 0 Å². The molecule has 0 rings (SSSR count). The number of rotatable bonds is 10. The van der Waals surface area contributed by atoms with E-state index in [0.717, 1.165) is 25.7 Å². The maximum absolute atomic E-state index is 10.7. The highest BCUT2D eigenvalue weighted by molar-refractivity contribution is 5.74. The molecule has 16 heavy (non-hydrogen) atoms. The topological polar surface area (TPSA) is 86.2 Å². The van der Waals surface area contributed by atoms with Gasteiger partial charge in [-0.05, 0) is 18.8 Å². The number of carbonyl (C=O) groups is 2. The fourth-order valence-corrected chi connectivity index (χ4v) is 1.81. The Morgan fingerprint density at radius 2 is 1.44 bits per heavy atom. The van der Waals surface area contributed by atoms with E-state index in [1.54, 1.807) is 0 Å². The van der Waals surface area contributed by atoms with Crippen LogP contribution in [0.1, 0.15) is 58.3 Å². The molecule has 0 spiro atoms. The maximum Gasteiger partial charge on any atom is 0.217 e. The first-order chi connectivity index (χ1) is 7.56. The molecule has 4 nitrogen and oxygen atoms in total. The van der Waals surface area contributed by atoms with Gasteiger partial charge in [-0.15, -0.1) is 0 Å². The zero-order valence-corrected chi connectivity index (χ0v) is 10.2. The summed E-state index contributed by atoms with van der Waals surface area (Å²) in [5.41, 5.74) is 10.2. The van der Waals surface area contributed by atoms with Crippen molar-refractivity contribution in [2.75, 3.05) is 0 Å². The van der Waals surface area contributed by atoms with Gasteiger partial charge in [-0.1, -0.05) is 32.6 Å². The Bertz CT molecular complexity index is 199. The molecule has 0 heterocycles. The van der Waals surface area contributed by atoms with Crippen molar-refractivity contribution in [3.63, 3.8) is 0 Å². The van der Waals surface area contributed by atoms with Gasteiger partial charge < -0.3 is 11.5 Å². The minimum absolute atomic E-state index is 0.264. The molecule has 2 amide bonds. The van der Waals surface area contributed by atoms with Crippen molar-refractivity contribution in [3.8, 4) is 0 Å². The van der Waals surface area contributed by atoms with E-state index in [1.807, 2.05) is 0 Å². The van der Waals surface area contributed by atoms with Crippen LogP contribution in [0.3, 0.4) is 0 Å². The van der Waals surface area contributed by atoms with Crippen LogP contribution in [-0.2, 0) is 9.59 Å². The summed E-state index contributed by atoms with van der Waals surface area (Å²) in [6, 6.07) is 0. The van der Waals surface area contributed by atoms with Gasteiger partial charge in [-0.2, -0.15) is 0 Å². The van der Waals surface area contributed by atoms with Gasteiger partial charge in [0.05, 0.1) is 0 Å². The Morgan fingerprint density at radius 3 is 1.81 bits per heavy atom. The fraction of sp³-hybridized carbons (Fsp3) is 0.833. The lowest BCUT2D eigenvalue weighted by molar-refractivity contribution is -0.118. The average molecular weight is 228 g/mol. The molecule has 0 atom stereocenters. The monoisotopic (exact) mass is 228 g/mol. The van der Waals surface area contributed by atoms with Crippen molar-refractivity contribution in [3.05, 3.63) is 0 Å². The number of carbonyl (C=O) groups excluding carboxylic acids is 2. The van der Waals surface area contributed by atoms with Crippen LogP contribution >= 0.6 is 0 Å². The molecule has 0 aliphatic rings. The summed E-state index contributed by atoms with van der Waals surface area (Å²) in [6.45, 7) is 2.15. The second-order valence-electron chi connectivity index (χ2n) is 4.37. The predicted molar refractivity (Wildman–Crippen MR) is 64.5 cm³/mol. The molecule has 0 bridgehead atoms. The normalized spacial score (nSPS) is 10.6. The molecule has 0 saturated carbocycles. The van der Waals surface area contributed by atoms with Crippen molar-refractivity contribution in [1.82, 2.24) is 0 Å². The minimum Gasteiger partial charge on any atom is -0.370 e. The first-order valence-corrected chi connectivity index (χ1v) is 6.12. The number of unbranched alkanes of at least 4 members (excludes halogenated alkanes) is 2. The Kier molecular flexibility index (Phi) is 8.58. The highest BCUT2D eigenvalue weighted by Crippen LogP contribution is 2.20. The summed E-state index contributed by atoms with van der Waals surface area (Å²) < 4.78 is 0. The van der Waals surface area contributed by atoms with E-state index in [-0.39, 0.29) is 11.8 Å². The van der Waals surface area contributed by atoms with Gasteiger partial charge in [0.25, 0.3) is 0 Å². The van der Waals surface area contributed by atoms with Gasteiger partial charge in [-0.25, -0.2) is 0 Å². The van der Waals surface area contributed by atoms with Crippen LogP contribution in [0.15, 0.2) is 0 Å². The number of hydrogen-bond acceptors (Lipinski definition) is 2. The maximum atomic E-state index is 10.7. The molecular formula is C12H24N2O2. The van der Waals surface area contributed by atoms with E-state index in [4.69, 9.17) is 11.5 Å². The van der Waals surface area contributed by atoms with Crippen LogP contribution in [0.2, 0.25) is 0 Å². The largest absolute Gasteiger partial charge is 0.370 e. The lowest BCUT2D eigenvalue weighted by atomic mass is 9.91. The summed E-state index contributed by atoms with van der Waals surface area (Å²) in [5, 5.41) is 0. The summed E-state index contributed by atoms with van der Waals surface area (Å²) >= 11 is 0. The number of amides is 2. The third-order valence-electron chi connectivity index (χ3n) is 2.81. The minimum atomic E-state index is -0.264. The Labute approximate surface area is 97.8 Å². The first kappa shape index (κ1) is 14.9. The first-order valence-electron chi connectivity index (χ1n) is 6.12. The molecule has 0 aliphatic carbocycles. The molecule has 94 valence electrons. The molecule has 0 aliphatic heterocycles. The van der Waals surface area contributed by atoms with Gasteiger partial charge in [0, 0.05) is 12.8 Å². The van der Waals surface area contributed by atoms with E-state index in [0.29, 0.717) is 18.8 Å². The quantitative estimate of drug-likeness (QED) is 0.558. The van der Waals surface area contributed by atoms with E-state index in [1.165, 1.54) is 12.8 Å². The summed E-state index contributed by atoms with van der Waals surface area (Å²) in [6.07, 6.45) is 6.98. The average Bonchev–Trinajstić information content (AvgIpc) is 2.21. The SMILES string of the molecule is CCCCCC(CCC(N)=O)CCC(N)=O. The van der Waals surface area contributed by atoms with Crippen molar-refractivity contribution in [2.45, 2.75) is 58.3 Å². The zero-order valence-electron chi connectivity index (χ0n) is 10.2. The molecule has 0 fully saturated rings. The van der Waals surface area contributed by atoms with Gasteiger partial charge in [0.15, 0.2) is 0 Å². The second kappa shape index (κ2) is 9.19.